The summed E-state index contributed by atoms with van der Waals surface area (Å²) in [7, 11) is 1.31. The molecule has 1 saturated heterocycles. The molecule has 4 nitrogen and oxygen atoms in total. The van der Waals surface area contributed by atoms with Gasteiger partial charge in [0.1, 0.15) is 0 Å². The highest BCUT2D eigenvalue weighted by Gasteiger charge is 2.46. The lowest BCUT2D eigenvalue weighted by Gasteiger charge is -2.43. The van der Waals surface area contributed by atoms with Crippen LogP contribution in [-0.4, -0.2) is 49.2 Å². The number of carbonyl (C=O) groups is 1. The molecule has 1 atom stereocenters. The van der Waals surface area contributed by atoms with Crippen LogP contribution < -0.4 is 0 Å². The van der Waals surface area contributed by atoms with Crippen molar-refractivity contribution in [3.05, 3.63) is 11.8 Å². The molecule has 2 aliphatic heterocycles. The Morgan fingerprint density at radius 2 is 2.35 bits per heavy atom. The number of methoxy groups -OCH3 is 1. The lowest BCUT2D eigenvalue weighted by molar-refractivity contribution is -0.141. The van der Waals surface area contributed by atoms with E-state index in [-0.39, 0.29) is 31.5 Å². The van der Waals surface area contributed by atoms with Crippen molar-refractivity contribution in [3.8, 4) is 0 Å². The highest BCUT2D eigenvalue weighted by atomic mass is 19.3. The summed E-state index contributed by atoms with van der Waals surface area (Å²) in [5.41, 5.74) is 0.586. The van der Waals surface area contributed by atoms with Crippen LogP contribution in [0.25, 0.3) is 0 Å². The van der Waals surface area contributed by atoms with Crippen molar-refractivity contribution < 1.29 is 18.3 Å². The fourth-order valence-electron chi connectivity index (χ4n) is 1.97. The molecule has 0 spiro atoms. The molecule has 0 N–H and O–H groups in total. The Labute approximate surface area is 97.9 Å². The van der Waals surface area contributed by atoms with E-state index in [4.69, 9.17) is 0 Å². The summed E-state index contributed by atoms with van der Waals surface area (Å²) in [5, 5.41) is 0. The second-order valence-corrected chi connectivity index (χ2v) is 4.29. The fraction of sp³-hybridized carbons (Fsp3) is 0.636. The third-order valence-electron chi connectivity index (χ3n) is 2.88. The van der Waals surface area contributed by atoms with Gasteiger partial charge in [-0.2, -0.15) is 0 Å². The van der Waals surface area contributed by atoms with Gasteiger partial charge in [-0.05, 0) is 6.08 Å². The maximum absolute atomic E-state index is 12.7. The van der Waals surface area contributed by atoms with Gasteiger partial charge in [-0.3, -0.25) is 14.7 Å². The zero-order valence-corrected chi connectivity index (χ0v) is 9.53. The monoisotopic (exact) mass is 244 g/mol. The van der Waals surface area contributed by atoms with Gasteiger partial charge in [-0.25, -0.2) is 8.78 Å². The van der Waals surface area contributed by atoms with Gasteiger partial charge in [0, 0.05) is 24.4 Å². The minimum Gasteiger partial charge on any atom is -0.469 e. The number of nitrogens with zero attached hydrogens (tertiary/aromatic N) is 2. The maximum Gasteiger partial charge on any atom is 0.311 e. The van der Waals surface area contributed by atoms with E-state index in [1.807, 2.05) is 0 Å². The second kappa shape index (κ2) is 4.52. The molecule has 2 heterocycles. The summed E-state index contributed by atoms with van der Waals surface area (Å²) in [4.78, 5) is 16.8. The first-order valence-electron chi connectivity index (χ1n) is 5.42. The molecule has 0 aliphatic carbocycles. The predicted octanol–water partition coefficient (Wildman–Crippen LogP) is 1.23. The average Bonchev–Trinajstić information content (AvgIpc) is 2.26. The number of carbonyl (C=O) groups excluding carboxylic acids is 1. The van der Waals surface area contributed by atoms with E-state index >= 15 is 0 Å². The summed E-state index contributed by atoms with van der Waals surface area (Å²) in [5.74, 6) is -2.94. The van der Waals surface area contributed by atoms with Crippen molar-refractivity contribution in [1.29, 1.82) is 0 Å². The van der Waals surface area contributed by atoms with Crippen molar-refractivity contribution in [1.82, 2.24) is 4.90 Å². The van der Waals surface area contributed by atoms with E-state index in [1.165, 1.54) is 7.11 Å². The van der Waals surface area contributed by atoms with Gasteiger partial charge in [-0.1, -0.05) is 0 Å². The lowest BCUT2D eigenvalue weighted by Crippen LogP contribution is -2.59. The fourth-order valence-corrected chi connectivity index (χ4v) is 1.97. The van der Waals surface area contributed by atoms with Crippen LogP contribution in [0.5, 0.6) is 0 Å². The van der Waals surface area contributed by atoms with Crippen molar-refractivity contribution in [3.63, 3.8) is 0 Å². The first-order chi connectivity index (χ1) is 8.00. The first kappa shape index (κ1) is 12.2. The van der Waals surface area contributed by atoms with Gasteiger partial charge in [0.05, 0.1) is 26.6 Å². The summed E-state index contributed by atoms with van der Waals surface area (Å²) >= 11 is 0. The zero-order valence-electron chi connectivity index (χ0n) is 9.53. The number of ether oxygens (including phenoxy) is 1. The maximum atomic E-state index is 12.7. The van der Waals surface area contributed by atoms with Crippen LogP contribution >= 0.6 is 0 Å². The molecule has 2 rings (SSSR count). The molecule has 0 radical (unpaired) electrons. The van der Waals surface area contributed by atoms with E-state index in [9.17, 15) is 13.6 Å². The Bertz CT molecular complexity index is 372. The lowest BCUT2D eigenvalue weighted by atomic mass is 10.0. The van der Waals surface area contributed by atoms with Gasteiger partial charge >= 0.3 is 5.97 Å². The van der Waals surface area contributed by atoms with Crippen LogP contribution in [0.3, 0.4) is 0 Å². The molecule has 0 amide bonds. The van der Waals surface area contributed by atoms with Gasteiger partial charge in [0.2, 0.25) is 0 Å². The largest absolute Gasteiger partial charge is 0.469 e. The van der Waals surface area contributed by atoms with Crippen molar-refractivity contribution in [2.45, 2.75) is 24.8 Å². The van der Waals surface area contributed by atoms with Crippen LogP contribution in [0, 0.1) is 0 Å². The Balaban J connectivity index is 1.93. The third-order valence-corrected chi connectivity index (χ3v) is 2.88. The van der Waals surface area contributed by atoms with Crippen LogP contribution in [0.4, 0.5) is 8.78 Å². The quantitative estimate of drug-likeness (QED) is 0.701. The smallest absolute Gasteiger partial charge is 0.311 e. The van der Waals surface area contributed by atoms with Gasteiger partial charge < -0.3 is 4.74 Å². The standard InChI is InChI=1S/C11H14F2N2O2/c1-17-10(16)5-8-4-9(2-3-14-8)15-6-11(12,13)7-15/h3-4,9H,2,5-7H2,1H3. The van der Waals surface area contributed by atoms with Crippen LogP contribution in [0.1, 0.15) is 12.8 Å². The molecule has 2 aliphatic rings. The van der Waals surface area contributed by atoms with Gasteiger partial charge in [-0.15, -0.1) is 0 Å². The van der Waals surface area contributed by atoms with Crippen LogP contribution in [-0.2, 0) is 9.53 Å². The van der Waals surface area contributed by atoms with E-state index in [0.717, 1.165) is 0 Å². The van der Waals surface area contributed by atoms with Crippen LogP contribution in [0.15, 0.2) is 16.8 Å². The summed E-state index contributed by atoms with van der Waals surface area (Å²) in [6, 6.07) is -0.0771. The SMILES string of the molecule is COC(=O)CC1=CC(N2CC(F)(F)C2)CC=N1. The highest BCUT2D eigenvalue weighted by molar-refractivity contribution is 5.74. The third kappa shape index (κ3) is 2.88. The molecule has 0 bridgehead atoms. The molecule has 1 fully saturated rings. The summed E-state index contributed by atoms with van der Waals surface area (Å²) < 4.78 is 30.0. The number of esters is 1. The summed E-state index contributed by atoms with van der Waals surface area (Å²) in [6.07, 6.45) is 4.14. The molecule has 94 valence electrons. The zero-order chi connectivity index (χ0) is 12.5. The molecule has 0 aromatic carbocycles. The molecule has 0 saturated carbocycles. The van der Waals surface area contributed by atoms with Gasteiger partial charge in [0.25, 0.3) is 5.92 Å². The molecular formula is C11H14F2N2O2. The molecule has 1 unspecified atom stereocenters. The number of rotatable bonds is 3. The number of hydrogen-bond acceptors (Lipinski definition) is 4. The normalized spacial score (nSPS) is 27.2. The molecular weight excluding hydrogens is 230 g/mol. The minimum absolute atomic E-state index is 0.0771. The molecule has 0 aromatic rings. The van der Waals surface area contributed by atoms with E-state index in [1.54, 1.807) is 17.2 Å². The van der Waals surface area contributed by atoms with E-state index in [2.05, 4.69) is 9.73 Å². The number of aliphatic imine (C=N–C) groups is 1. The topological polar surface area (TPSA) is 41.9 Å². The number of hydrogen-bond donors (Lipinski definition) is 0. The molecule has 17 heavy (non-hydrogen) atoms. The summed E-state index contributed by atoms with van der Waals surface area (Å²) in [6.45, 7) is -0.430. The van der Waals surface area contributed by atoms with Crippen molar-refractivity contribution in [2.24, 2.45) is 4.99 Å². The predicted molar refractivity (Wildman–Crippen MR) is 58.1 cm³/mol. The number of alkyl halides is 2. The Hall–Kier alpha value is -1.30. The molecule has 6 heteroatoms. The first-order valence-corrected chi connectivity index (χ1v) is 5.42. The number of halogens is 2. The molecule has 0 aromatic heterocycles. The van der Waals surface area contributed by atoms with Crippen molar-refractivity contribution in [2.75, 3.05) is 20.2 Å². The Morgan fingerprint density at radius 1 is 1.65 bits per heavy atom. The van der Waals surface area contributed by atoms with Crippen molar-refractivity contribution >= 4 is 12.2 Å². The number of likely N-dealkylation sites (tertiary alicyclic amines) is 1. The second-order valence-electron chi connectivity index (χ2n) is 4.29. The van der Waals surface area contributed by atoms with Crippen LogP contribution in [0.2, 0.25) is 0 Å². The van der Waals surface area contributed by atoms with E-state index < -0.39 is 5.92 Å². The highest BCUT2D eigenvalue weighted by Crippen LogP contribution is 2.31. The minimum atomic E-state index is -2.56. The Morgan fingerprint density at radius 3 is 2.94 bits per heavy atom. The Kier molecular flexibility index (Phi) is 3.24. The average molecular weight is 244 g/mol. The van der Waals surface area contributed by atoms with E-state index in [0.29, 0.717) is 12.1 Å². The van der Waals surface area contributed by atoms with Gasteiger partial charge in [0.15, 0.2) is 0 Å².